The fourth-order valence-electron chi connectivity index (χ4n) is 8.92. The minimum Gasteiger partial charge on any atom is -0.483 e. The molecule has 0 unspecified atom stereocenters. The minimum atomic E-state index is -0.250. The predicted molar refractivity (Wildman–Crippen MR) is 264 cm³/mol. The molecule has 0 aromatic heterocycles. The number of carboxylic acid groups (broad SMARTS) is 1. The summed E-state index contributed by atoms with van der Waals surface area (Å²) in [5, 5.41) is 13.9. The Balaban J connectivity index is -0.00000451. The van der Waals surface area contributed by atoms with Gasteiger partial charge in [-0.1, -0.05) is 220 Å². The Morgan fingerprint density at radius 3 is 1.05 bits per heavy atom. The second kappa shape index (κ2) is 54.6. The maximum Gasteiger partial charge on any atom is 0.306 e. The second-order valence-corrected chi connectivity index (χ2v) is 18.2. The molecule has 0 spiro atoms. The van der Waals surface area contributed by atoms with Crippen LogP contribution in [0.2, 0.25) is 0 Å². The first-order chi connectivity index (χ1) is 29.9. The lowest BCUT2D eigenvalue weighted by Crippen LogP contribution is -2.44. The average molecular weight is 869 g/mol. The first kappa shape index (κ1) is 63.8. The van der Waals surface area contributed by atoms with Gasteiger partial charge in [0.1, 0.15) is 12.9 Å². The van der Waals surface area contributed by atoms with Gasteiger partial charge in [0.05, 0.1) is 0 Å². The van der Waals surface area contributed by atoms with Gasteiger partial charge in [-0.2, -0.15) is 0 Å². The Bertz CT molecular complexity index is 790. The van der Waals surface area contributed by atoms with E-state index in [-0.39, 0.29) is 18.5 Å². The molecule has 0 saturated carbocycles. The molecule has 61 heavy (non-hydrogen) atoms. The van der Waals surface area contributed by atoms with Crippen molar-refractivity contribution in [3.63, 3.8) is 0 Å². The van der Waals surface area contributed by atoms with Crippen molar-refractivity contribution < 1.29 is 29.3 Å². The Morgan fingerprint density at radius 1 is 0.508 bits per heavy atom. The Kier molecular flexibility index (Phi) is 57.1. The number of likely N-dealkylation sites (N-methyl/N-ethyl adjacent to an activating group) is 1. The number of rotatable bonds is 41. The summed E-state index contributed by atoms with van der Waals surface area (Å²) in [7, 11) is 3.20. The summed E-state index contributed by atoms with van der Waals surface area (Å²) in [6.07, 6.45) is 48.5. The lowest BCUT2D eigenvalue weighted by Gasteiger charge is -2.32. The van der Waals surface area contributed by atoms with Gasteiger partial charge in [0, 0.05) is 39.7 Å². The zero-order valence-corrected chi connectivity index (χ0v) is 41.9. The summed E-state index contributed by atoms with van der Waals surface area (Å²) in [5.41, 5.74) is 0. The van der Waals surface area contributed by atoms with Crippen molar-refractivity contribution in [3.05, 3.63) is 0 Å². The van der Waals surface area contributed by atoms with Crippen LogP contribution in [0.15, 0.2) is 0 Å². The number of nitrogens with zero attached hydrogens (tertiary/aromatic N) is 2. The number of piperazine rings is 1. The van der Waals surface area contributed by atoms with E-state index in [1.54, 1.807) is 0 Å². The van der Waals surface area contributed by atoms with Gasteiger partial charge in [-0.05, 0) is 57.5 Å². The molecule has 0 atom stereocenters. The van der Waals surface area contributed by atoms with Crippen LogP contribution < -0.4 is 0 Å². The van der Waals surface area contributed by atoms with Crippen molar-refractivity contribution >= 4 is 19.2 Å². The van der Waals surface area contributed by atoms with E-state index in [0.29, 0.717) is 6.42 Å². The zero-order chi connectivity index (χ0) is 45.9. The molecule has 8 nitrogen and oxygen atoms in total. The van der Waals surface area contributed by atoms with Crippen LogP contribution in [0.3, 0.4) is 0 Å². The molecule has 0 aliphatic carbocycles. The van der Waals surface area contributed by atoms with Gasteiger partial charge in [-0.25, -0.2) is 0 Å². The zero-order valence-electron chi connectivity index (χ0n) is 41.9. The molecule has 366 valence electrons. The van der Waals surface area contributed by atoms with Crippen LogP contribution in [-0.2, 0) is 19.1 Å². The minimum absolute atomic E-state index is 0.0531. The van der Waals surface area contributed by atoms with E-state index in [1.165, 1.54) is 205 Å². The standard InChI is InChI=1S/C50H100N2O2.CH2O2.CH4O.CH2O/c1-6-47(7-2)37-32-28-24-20-16-12-10-14-18-22-26-30-34-39-49(54-50(53)41-36-42-52-45-43-51(5)44-46-52)40-35-31-27-23-19-15-11-13-17-21-25-29-33-38-48(8-3)9-4;2-1-3;2*1-2/h47-49H,6-46H2,1-5H3;1H,(H,2,3);2H,1H3;1H2. The van der Waals surface area contributed by atoms with Crippen LogP contribution in [0.4, 0.5) is 0 Å². The average Bonchev–Trinajstić information content (AvgIpc) is 3.28. The molecule has 0 bridgehead atoms. The summed E-state index contributed by atoms with van der Waals surface area (Å²) < 4.78 is 6.16. The van der Waals surface area contributed by atoms with Crippen LogP contribution >= 0.6 is 0 Å². The van der Waals surface area contributed by atoms with Crippen LogP contribution in [0.25, 0.3) is 0 Å². The summed E-state index contributed by atoms with van der Waals surface area (Å²) in [4.78, 5) is 34.2. The molecule has 2 N–H and O–H groups in total. The number of unbranched alkanes of at least 4 members (excludes halogenated alkanes) is 24. The van der Waals surface area contributed by atoms with Gasteiger partial charge in [-0.15, -0.1) is 0 Å². The molecule has 8 heteroatoms. The Morgan fingerprint density at radius 2 is 0.770 bits per heavy atom. The molecule has 1 aliphatic rings. The maximum atomic E-state index is 12.9. The van der Waals surface area contributed by atoms with E-state index >= 15 is 0 Å². The second-order valence-electron chi connectivity index (χ2n) is 18.2. The number of hydrogen-bond donors (Lipinski definition) is 2. The molecule has 1 fully saturated rings. The van der Waals surface area contributed by atoms with Crippen molar-refractivity contribution in [1.29, 1.82) is 0 Å². The van der Waals surface area contributed by atoms with Crippen LogP contribution in [-0.4, -0.2) is 92.2 Å². The molecule has 0 amide bonds. The molecule has 0 radical (unpaired) electrons. The highest BCUT2D eigenvalue weighted by atomic mass is 16.5. The van der Waals surface area contributed by atoms with E-state index in [2.05, 4.69) is 44.5 Å². The van der Waals surface area contributed by atoms with Gasteiger partial charge in [0.15, 0.2) is 0 Å². The lowest BCUT2D eigenvalue weighted by atomic mass is 9.95. The predicted octanol–water partition coefficient (Wildman–Crippen LogP) is 14.6. The topological polar surface area (TPSA) is 107 Å². The number of ether oxygens (including phenoxy) is 1. The number of esters is 1. The van der Waals surface area contributed by atoms with Gasteiger partial charge in [0.25, 0.3) is 6.47 Å². The Labute approximate surface area is 380 Å². The Hall–Kier alpha value is -1.51. The molecule has 1 rings (SSSR count). The molecule has 1 heterocycles. The summed E-state index contributed by atoms with van der Waals surface area (Å²) in [5.74, 6) is 2.00. The van der Waals surface area contributed by atoms with Gasteiger partial charge in [-0.3, -0.25) is 9.59 Å². The lowest BCUT2D eigenvalue weighted by molar-refractivity contribution is -0.150. The van der Waals surface area contributed by atoms with Crippen molar-refractivity contribution in [3.8, 4) is 0 Å². The number of carbonyl (C=O) groups is 3. The quantitative estimate of drug-likeness (QED) is 0.0355. The maximum absolute atomic E-state index is 12.9. The summed E-state index contributed by atoms with van der Waals surface area (Å²) in [6.45, 7) is 16.7. The fraction of sp³-hybridized carbons (Fsp3) is 0.943. The highest BCUT2D eigenvalue weighted by molar-refractivity contribution is 5.69. The molecule has 0 aromatic carbocycles. The van der Waals surface area contributed by atoms with Crippen molar-refractivity contribution in [1.82, 2.24) is 9.80 Å². The highest BCUT2D eigenvalue weighted by Gasteiger charge is 2.17. The molecular weight excluding hydrogens is 761 g/mol. The number of carbonyl (C=O) groups excluding carboxylic acids is 2. The smallest absolute Gasteiger partial charge is 0.306 e. The van der Waals surface area contributed by atoms with E-state index in [4.69, 9.17) is 24.5 Å². The third-order valence-electron chi connectivity index (χ3n) is 13.3. The normalized spacial score (nSPS) is 13.0. The van der Waals surface area contributed by atoms with Crippen LogP contribution in [0.1, 0.15) is 259 Å². The molecular formula is C53H108N2O6. The van der Waals surface area contributed by atoms with E-state index in [0.717, 1.165) is 70.9 Å². The number of hydrogen-bond acceptors (Lipinski definition) is 7. The number of aliphatic hydroxyl groups excluding tert-OH is 1. The van der Waals surface area contributed by atoms with Crippen molar-refractivity contribution in [2.75, 3.05) is 46.9 Å². The molecule has 1 saturated heterocycles. The van der Waals surface area contributed by atoms with Gasteiger partial charge >= 0.3 is 5.97 Å². The van der Waals surface area contributed by atoms with E-state index in [1.807, 2.05) is 6.79 Å². The fourth-order valence-corrected chi connectivity index (χ4v) is 8.92. The third-order valence-corrected chi connectivity index (χ3v) is 13.3. The largest absolute Gasteiger partial charge is 0.483 e. The van der Waals surface area contributed by atoms with Gasteiger partial charge in [0.2, 0.25) is 0 Å². The van der Waals surface area contributed by atoms with Gasteiger partial charge < -0.3 is 29.5 Å². The molecule has 0 aromatic rings. The highest BCUT2D eigenvalue weighted by Crippen LogP contribution is 2.21. The summed E-state index contributed by atoms with van der Waals surface area (Å²) in [6, 6.07) is 0. The van der Waals surface area contributed by atoms with Crippen LogP contribution in [0.5, 0.6) is 0 Å². The van der Waals surface area contributed by atoms with Crippen LogP contribution in [0, 0.1) is 11.8 Å². The monoisotopic (exact) mass is 869 g/mol. The number of aliphatic hydroxyl groups is 1. The first-order valence-electron chi connectivity index (χ1n) is 26.4. The van der Waals surface area contributed by atoms with E-state index < -0.39 is 0 Å². The first-order valence-corrected chi connectivity index (χ1v) is 26.4. The molecule has 1 aliphatic heterocycles. The SMILES string of the molecule is C=O.CCC(CC)CCCCCCCCCCCCCCCC(CCCCCCCCCCCCCCCC(CC)CC)OC(=O)CCCN1CCN(C)CC1.CO.O=CO. The van der Waals surface area contributed by atoms with E-state index in [9.17, 15) is 4.79 Å². The summed E-state index contributed by atoms with van der Waals surface area (Å²) >= 11 is 0. The van der Waals surface area contributed by atoms with Crippen molar-refractivity contribution in [2.45, 2.75) is 265 Å². The third kappa shape index (κ3) is 47.8. The van der Waals surface area contributed by atoms with Crippen molar-refractivity contribution in [2.24, 2.45) is 11.8 Å².